The van der Waals surface area contributed by atoms with E-state index in [4.69, 9.17) is 5.11 Å². The molecule has 1 aromatic heterocycles. The summed E-state index contributed by atoms with van der Waals surface area (Å²) in [5, 5.41) is 34.4. The van der Waals surface area contributed by atoms with Crippen molar-refractivity contribution in [3.05, 3.63) is 34.5 Å². The van der Waals surface area contributed by atoms with E-state index in [1.54, 1.807) is 23.9 Å². The van der Waals surface area contributed by atoms with Crippen molar-refractivity contribution in [2.24, 2.45) is 5.92 Å². The summed E-state index contributed by atoms with van der Waals surface area (Å²) in [7, 11) is 0. The fourth-order valence-corrected chi connectivity index (χ4v) is 2.03. The molecule has 20 heavy (non-hydrogen) atoms. The standard InChI is InChI=1S/C13H17N3O4/c1-9(8-17)13(18)4-5-15-12-3-2-11(16(19)20)6-10(12)7-14-15/h2-3,6-7,9,13,17-18H,4-5,8H2,1H3. The molecule has 7 nitrogen and oxygen atoms in total. The van der Waals surface area contributed by atoms with Crippen molar-refractivity contribution in [1.82, 2.24) is 9.78 Å². The molecule has 2 rings (SSSR count). The van der Waals surface area contributed by atoms with Crippen molar-refractivity contribution in [1.29, 1.82) is 0 Å². The molecular weight excluding hydrogens is 262 g/mol. The van der Waals surface area contributed by atoms with Gasteiger partial charge in [-0.3, -0.25) is 14.8 Å². The van der Waals surface area contributed by atoms with Gasteiger partial charge >= 0.3 is 0 Å². The van der Waals surface area contributed by atoms with Crippen LogP contribution in [0.25, 0.3) is 10.9 Å². The van der Waals surface area contributed by atoms with Crippen LogP contribution in [0.5, 0.6) is 0 Å². The number of nitro groups is 1. The number of aliphatic hydroxyl groups excluding tert-OH is 2. The molecule has 0 saturated carbocycles. The van der Waals surface area contributed by atoms with Crippen LogP contribution in [0, 0.1) is 16.0 Å². The van der Waals surface area contributed by atoms with Crippen LogP contribution in [0.1, 0.15) is 13.3 Å². The second-order valence-corrected chi connectivity index (χ2v) is 4.88. The third-order valence-electron chi connectivity index (χ3n) is 3.42. The summed E-state index contributed by atoms with van der Waals surface area (Å²) in [4.78, 5) is 10.3. The van der Waals surface area contributed by atoms with Crippen LogP contribution >= 0.6 is 0 Å². The second kappa shape index (κ2) is 5.98. The lowest BCUT2D eigenvalue weighted by Gasteiger charge is -2.16. The van der Waals surface area contributed by atoms with Gasteiger partial charge < -0.3 is 10.2 Å². The summed E-state index contributed by atoms with van der Waals surface area (Å²) in [6, 6.07) is 4.57. The van der Waals surface area contributed by atoms with Gasteiger partial charge in [-0.2, -0.15) is 5.10 Å². The summed E-state index contributed by atoms with van der Waals surface area (Å²) in [6.45, 7) is 2.20. The molecule has 0 spiro atoms. The highest BCUT2D eigenvalue weighted by molar-refractivity contribution is 5.81. The maximum absolute atomic E-state index is 10.7. The van der Waals surface area contributed by atoms with Gasteiger partial charge in [0.2, 0.25) is 0 Å². The fraction of sp³-hybridized carbons (Fsp3) is 0.462. The Morgan fingerprint density at radius 2 is 2.25 bits per heavy atom. The normalized spacial score (nSPS) is 14.3. The van der Waals surface area contributed by atoms with Crippen molar-refractivity contribution in [3.8, 4) is 0 Å². The van der Waals surface area contributed by atoms with Crippen LogP contribution in [0.4, 0.5) is 5.69 Å². The average molecular weight is 279 g/mol. The first-order valence-electron chi connectivity index (χ1n) is 6.42. The highest BCUT2D eigenvalue weighted by Crippen LogP contribution is 2.21. The molecule has 2 unspecified atom stereocenters. The van der Waals surface area contributed by atoms with Crippen molar-refractivity contribution < 1.29 is 15.1 Å². The summed E-state index contributed by atoms with van der Waals surface area (Å²) < 4.78 is 1.70. The van der Waals surface area contributed by atoms with Crippen LogP contribution in [0.15, 0.2) is 24.4 Å². The second-order valence-electron chi connectivity index (χ2n) is 4.88. The van der Waals surface area contributed by atoms with E-state index < -0.39 is 11.0 Å². The molecule has 2 atom stereocenters. The number of hydrogen-bond acceptors (Lipinski definition) is 5. The third-order valence-corrected chi connectivity index (χ3v) is 3.42. The van der Waals surface area contributed by atoms with Gasteiger partial charge in [0.05, 0.1) is 22.7 Å². The molecule has 0 saturated heterocycles. The molecule has 0 fully saturated rings. The molecule has 7 heteroatoms. The summed E-state index contributed by atoms with van der Waals surface area (Å²) in [5.74, 6) is -0.182. The molecule has 2 N–H and O–H groups in total. The van der Waals surface area contributed by atoms with E-state index in [1.165, 1.54) is 12.1 Å². The molecule has 0 amide bonds. The number of nitrogens with zero attached hydrogens (tertiary/aromatic N) is 3. The number of hydrogen-bond donors (Lipinski definition) is 2. The lowest BCUT2D eigenvalue weighted by Crippen LogP contribution is -2.22. The first-order valence-corrected chi connectivity index (χ1v) is 6.42. The van der Waals surface area contributed by atoms with Crippen LogP contribution in [0.2, 0.25) is 0 Å². The highest BCUT2D eigenvalue weighted by atomic mass is 16.6. The molecule has 0 aliphatic rings. The monoisotopic (exact) mass is 279 g/mol. The van der Waals surface area contributed by atoms with Crippen molar-refractivity contribution in [2.75, 3.05) is 6.61 Å². The zero-order chi connectivity index (χ0) is 14.7. The number of nitro benzene ring substituents is 1. The van der Waals surface area contributed by atoms with Crippen molar-refractivity contribution in [2.45, 2.75) is 26.0 Å². The number of aliphatic hydroxyl groups is 2. The Bertz CT molecular complexity index is 611. The highest BCUT2D eigenvalue weighted by Gasteiger charge is 2.14. The Morgan fingerprint density at radius 3 is 2.90 bits per heavy atom. The number of fused-ring (bicyclic) bond motifs is 1. The molecule has 0 aliphatic carbocycles. The Hall–Kier alpha value is -1.99. The van der Waals surface area contributed by atoms with E-state index in [-0.39, 0.29) is 18.2 Å². The number of aryl methyl sites for hydroxylation is 1. The maximum atomic E-state index is 10.7. The van der Waals surface area contributed by atoms with Crippen LogP contribution in [-0.4, -0.2) is 37.6 Å². The molecule has 0 radical (unpaired) electrons. The summed E-state index contributed by atoms with van der Waals surface area (Å²) >= 11 is 0. The number of benzene rings is 1. The topological polar surface area (TPSA) is 101 Å². The van der Waals surface area contributed by atoms with Crippen LogP contribution < -0.4 is 0 Å². The Balaban J connectivity index is 2.14. The Morgan fingerprint density at radius 1 is 1.50 bits per heavy atom. The van der Waals surface area contributed by atoms with Gasteiger partial charge in [-0.1, -0.05) is 6.92 Å². The van der Waals surface area contributed by atoms with Gasteiger partial charge in [0, 0.05) is 36.6 Å². The minimum Gasteiger partial charge on any atom is -0.396 e. The number of aromatic nitrogens is 2. The summed E-state index contributed by atoms with van der Waals surface area (Å²) in [6.07, 6.45) is 1.44. The molecule has 0 bridgehead atoms. The van der Waals surface area contributed by atoms with E-state index in [9.17, 15) is 15.2 Å². The minimum absolute atomic E-state index is 0.0333. The van der Waals surface area contributed by atoms with Crippen molar-refractivity contribution >= 4 is 16.6 Å². The first kappa shape index (κ1) is 14.4. The van der Waals surface area contributed by atoms with Gasteiger partial charge in [-0.15, -0.1) is 0 Å². The average Bonchev–Trinajstić information content (AvgIpc) is 2.85. The van der Waals surface area contributed by atoms with E-state index in [2.05, 4.69) is 5.10 Å². The van der Waals surface area contributed by atoms with Gasteiger partial charge in [-0.25, -0.2) is 0 Å². The third kappa shape index (κ3) is 2.94. The lowest BCUT2D eigenvalue weighted by atomic mass is 10.0. The maximum Gasteiger partial charge on any atom is 0.270 e. The molecule has 108 valence electrons. The molecule has 0 aliphatic heterocycles. The van der Waals surface area contributed by atoms with Crippen molar-refractivity contribution in [3.63, 3.8) is 0 Å². The van der Waals surface area contributed by atoms with Crippen LogP contribution in [-0.2, 0) is 6.54 Å². The zero-order valence-corrected chi connectivity index (χ0v) is 11.1. The number of rotatable bonds is 6. The zero-order valence-electron chi connectivity index (χ0n) is 11.1. The van der Waals surface area contributed by atoms with Gasteiger partial charge in [0.15, 0.2) is 0 Å². The smallest absolute Gasteiger partial charge is 0.270 e. The first-order chi connectivity index (χ1) is 9.52. The number of non-ortho nitro benzene ring substituents is 1. The van der Waals surface area contributed by atoms with Crippen LogP contribution in [0.3, 0.4) is 0 Å². The quantitative estimate of drug-likeness (QED) is 0.613. The predicted molar refractivity (Wildman–Crippen MR) is 73.3 cm³/mol. The summed E-state index contributed by atoms with van der Waals surface area (Å²) in [5.41, 5.74) is 0.824. The van der Waals surface area contributed by atoms with Gasteiger partial charge in [0.25, 0.3) is 5.69 Å². The largest absolute Gasteiger partial charge is 0.396 e. The fourth-order valence-electron chi connectivity index (χ4n) is 2.03. The SMILES string of the molecule is CC(CO)C(O)CCn1ncc2cc([N+](=O)[O-])ccc21. The lowest BCUT2D eigenvalue weighted by molar-refractivity contribution is -0.384. The predicted octanol–water partition coefficient (Wildman–Crippen LogP) is 1.32. The molecule has 1 heterocycles. The van der Waals surface area contributed by atoms with Gasteiger partial charge in [-0.05, 0) is 12.5 Å². The Labute approximate surface area is 115 Å². The van der Waals surface area contributed by atoms with E-state index in [0.29, 0.717) is 18.4 Å². The van der Waals surface area contributed by atoms with E-state index in [1.807, 2.05) is 0 Å². The molecule has 2 aromatic rings. The van der Waals surface area contributed by atoms with E-state index >= 15 is 0 Å². The van der Waals surface area contributed by atoms with Gasteiger partial charge in [0.1, 0.15) is 0 Å². The molecule has 1 aromatic carbocycles. The minimum atomic E-state index is -0.600. The molecular formula is C13H17N3O4. The van der Waals surface area contributed by atoms with E-state index in [0.717, 1.165) is 5.52 Å². The Kier molecular flexibility index (Phi) is 4.31.